The van der Waals surface area contributed by atoms with E-state index < -0.39 is 0 Å². The fraction of sp³-hybridized carbons (Fsp3) is 0.333. The predicted octanol–water partition coefficient (Wildman–Crippen LogP) is 8.48. The second-order valence-electron chi connectivity index (χ2n) is 7.79. The molecule has 28 heavy (non-hydrogen) atoms. The van der Waals surface area contributed by atoms with Crippen molar-refractivity contribution >= 4 is 11.3 Å². The Kier molecular flexibility index (Phi) is 9.51. The first kappa shape index (κ1) is 23.5. The summed E-state index contributed by atoms with van der Waals surface area (Å²) in [6, 6.07) is 8.49. The summed E-state index contributed by atoms with van der Waals surface area (Å²) >= 11 is 0. The van der Waals surface area contributed by atoms with Crippen LogP contribution in [0, 0.1) is 5.41 Å². The molecule has 0 aliphatic rings. The summed E-state index contributed by atoms with van der Waals surface area (Å²) in [7, 11) is 0. The highest BCUT2D eigenvalue weighted by Gasteiger charge is 2.27. The van der Waals surface area contributed by atoms with Crippen LogP contribution in [0.15, 0.2) is 91.7 Å². The van der Waals surface area contributed by atoms with Gasteiger partial charge in [-0.1, -0.05) is 95.0 Å². The summed E-state index contributed by atoms with van der Waals surface area (Å²) in [5.74, 6) is 0. The zero-order valence-corrected chi connectivity index (χ0v) is 18.3. The van der Waals surface area contributed by atoms with E-state index in [0.717, 1.165) is 35.4 Å². The Bertz CT molecular complexity index is 758. The summed E-state index contributed by atoms with van der Waals surface area (Å²) in [5.41, 5.74) is 6.49. The first-order valence-electron chi connectivity index (χ1n) is 10.1. The van der Waals surface area contributed by atoms with Gasteiger partial charge in [-0.05, 0) is 55.5 Å². The lowest BCUT2D eigenvalue weighted by Crippen LogP contribution is -2.24. The van der Waals surface area contributed by atoms with Gasteiger partial charge in [-0.2, -0.15) is 0 Å². The zero-order valence-electron chi connectivity index (χ0n) is 18.3. The number of hydrogen-bond acceptors (Lipinski definition) is 1. The van der Waals surface area contributed by atoms with Crippen molar-refractivity contribution in [3.8, 4) is 0 Å². The summed E-state index contributed by atoms with van der Waals surface area (Å²) < 4.78 is 0. The topological polar surface area (TPSA) is 12.0 Å². The van der Waals surface area contributed by atoms with Crippen LogP contribution in [0.3, 0.4) is 0 Å². The van der Waals surface area contributed by atoms with Crippen molar-refractivity contribution < 1.29 is 0 Å². The largest absolute Gasteiger partial charge is 0.359 e. The molecule has 1 aromatic carbocycles. The minimum Gasteiger partial charge on any atom is -0.359 e. The molecule has 150 valence electrons. The maximum absolute atomic E-state index is 4.36. The molecule has 0 aliphatic carbocycles. The van der Waals surface area contributed by atoms with Gasteiger partial charge in [0.1, 0.15) is 0 Å². The highest BCUT2D eigenvalue weighted by molar-refractivity contribution is 5.69. The van der Waals surface area contributed by atoms with E-state index in [1.165, 1.54) is 24.0 Å². The lowest BCUT2D eigenvalue weighted by Gasteiger charge is -2.33. The van der Waals surface area contributed by atoms with Crippen molar-refractivity contribution in [2.75, 3.05) is 5.32 Å². The quantitative estimate of drug-likeness (QED) is 0.361. The molecular weight excluding hydrogens is 338 g/mol. The van der Waals surface area contributed by atoms with Crippen molar-refractivity contribution in [2.24, 2.45) is 5.41 Å². The van der Waals surface area contributed by atoms with Crippen LogP contribution < -0.4 is 5.32 Å². The molecule has 1 rings (SSSR count). The standard InChI is InChI=1S/C27H37N/c1-9-12-18-27(8,20-21(4)11-3)24(7)28-26-16-14-25(15-17-26)23(6)19-22(5)13-10-2/h10-11,13-17,19,28H,3-5,7,9,12,18,20H2,1-2,6,8H3/b13-10-,23-19+. The molecule has 1 aromatic rings. The SMILES string of the molecule is C=CC(=C)CC(C)(CCCC)C(=C)Nc1ccc(/C(C)=C/C(=C)/C=C\C)cc1. The zero-order chi connectivity index (χ0) is 21.2. The minimum atomic E-state index is -0.0417. The molecule has 0 heterocycles. The average molecular weight is 376 g/mol. The van der Waals surface area contributed by atoms with Gasteiger partial charge in [0.2, 0.25) is 0 Å². The summed E-state index contributed by atoms with van der Waals surface area (Å²) in [6.07, 6.45) is 12.2. The normalized spacial score (nSPS) is 13.8. The second kappa shape index (κ2) is 11.3. The van der Waals surface area contributed by atoms with Crippen molar-refractivity contribution in [2.45, 2.75) is 53.4 Å². The van der Waals surface area contributed by atoms with Crippen LogP contribution in [0.2, 0.25) is 0 Å². The van der Waals surface area contributed by atoms with E-state index in [0.29, 0.717) is 0 Å². The highest BCUT2D eigenvalue weighted by atomic mass is 14.9. The van der Waals surface area contributed by atoms with Crippen LogP contribution >= 0.6 is 0 Å². The summed E-state index contributed by atoms with van der Waals surface area (Å²) in [5, 5.41) is 3.53. The summed E-state index contributed by atoms with van der Waals surface area (Å²) in [4.78, 5) is 0. The van der Waals surface area contributed by atoms with Gasteiger partial charge in [0.05, 0.1) is 0 Å². The van der Waals surface area contributed by atoms with Crippen molar-refractivity contribution in [3.05, 3.63) is 97.3 Å². The van der Waals surface area contributed by atoms with Gasteiger partial charge in [-0.25, -0.2) is 0 Å². The molecule has 0 aromatic heterocycles. The monoisotopic (exact) mass is 375 g/mol. The number of nitrogens with one attached hydrogen (secondary N) is 1. The van der Waals surface area contributed by atoms with Crippen LogP contribution in [0.4, 0.5) is 5.69 Å². The molecule has 0 bridgehead atoms. The van der Waals surface area contributed by atoms with Crippen molar-refractivity contribution in [3.63, 3.8) is 0 Å². The Labute approximate surface area is 173 Å². The third-order valence-corrected chi connectivity index (χ3v) is 5.13. The van der Waals surface area contributed by atoms with Gasteiger partial charge in [0, 0.05) is 16.8 Å². The van der Waals surface area contributed by atoms with Crippen molar-refractivity contribution in [1.82, 2.24) is 0 Å². The molecular formula is C27H37N. The molecule has 0 spiro atoms. The number of hydrogen-bond donors (Lipinski definition) is 1. The molecule has 0 amide bonds. The van der Waals surface area contributed by atoms with Crippen LogP contribution in [0.1, 0.15) is 58.9 Å². The smallest absolute Gasteiger partial charge is 0.0382 e. The Morgan fingerprint density at radius 2 is 1.79 bits per heavy atom. The Morgan fingerprint density at radius 3 is 2.32 bits per heavy atom. The second-order valence-corrected chi connectivity index (χ2v) is 7.79. The maximum Gasteiger partial charge on any atom is 0.0382 e. The van der Waals surface area contributed by atoms with Crippen LogP contribution in [0.5, 0.6) is 0 Å². The lowest BCUT2D eigenvalue weighted by molar-refractivity contribution is 0.354. The lowest BCUT2D eigenvalue weighted by atomic mass is 9.76. The average Bonchev–Trinajstić information content (AvgIpc) is 2.66. The van der Waals surface area contributed by atoms with Crippen LogP contribution in [0.25, 0.3) is 5.57 Å². The number of anilines is 1. The first-order chi connectivity index (χ1) is 13.3. The van der Waals surface area contributed by atoms with E-state index in [4.69, 9.17) is 0 Å². The third kappa shape index (κ3) is 7.23. The molecule has 1 nitrogen and oxygen atoms in total. The molecule has 1 atom stereocenters. The number of allylic oxidation sites excluding steroid dienone is 8. The van der Waals surface area contributed by atoms with Crippen LogP contribution in [-0.4, -0.2) is 0 Å². The number of unbranched alkanes of at least 4 members (excludes halogenated alkanes) is 1. The molecule has 0 saturated heterocycles. The molecule has 0 aliphatic heterocycles. The molecule has 1 unspecified atom stereocenters. The molecule has 0 fully saturated rings. The van der Waals surface area contributed by atoms with E-state index in [9.17, 15) is 0 Å². The Balaban J connectivity index is 2.93. The molecule has 1 N–H and O–H groups in total. The fourth-order valence-electron chi connectivity index (χ4n) is 3.25. The van der Waals surface area contributed by atoms with E-state index in [2.05, 4.69) is 82.7 Å². The van der Waals surface area contributed by atoms with Crippen LogP contribution in [-0.2, 0) is 0 Å². The molecule has 1 heteroatoms. The molecule has 0 saturated carbocycles. The number of rotatable bonds is 12. The summed E-state index contributed by atoms with van der Waals surface area (Å²) in [6.45, 7) is 25.0. The van der Waals surface area contributed by atoms with E-state index in [1.54, 1.807) is 0 Å². The van der Waals surface area contributed by atoms with Gasteiger partial charge in [0.25, 0.3) is 0 Å². The minimum absolute atomic E-state index is 0.0417. The van der Waals surface area contributed by atoms with Gasteiger partial charge >= 0.3 is 0 Å². The Hall–Kier alpha value is -2.54. The predicted molar refractivity (Wildman–Crippen MR) is 128 cm³/mol. The van der Waals surface area contributed by atoms with Gasteiger partial charge in [0.15, 0.2) is 0 Å². The third-order valence-electron chi connectivity index (χ3n) is 5.13. The highest BCUT2D eigenvalue weighted by Crippen LogP contribution is 2.38. The Morgan fingerprint density at radius 1 is 1.14 bits per heavy atom. The fourth-order valence-corrected chi connectivity index (χ4v) is 3.25. The van der Waals surface area contributed by atoms with E-state index >= 15 is 0 Å². The van der Waals surface area contributed by atoms with Gasteiger partial charge in [-0.3, -0.25) is 0 Å². The van der Waals surface area contributed by atoms with E-state index in [1.807, 2.05) is 25.2 Å². The maximum atomic E-state index is 4.36. The number of benzene rings is 1. The van der Waals surface area contributed by atoms with Crippen molar-refractivity contribution in [1.29, 1.82) is 0 Å². The first-order valence-corrected chi connectivity index (χ1v) is 10.1. The molecule has 0 radical (unpaired) electrons. The van der Waals surface area contributed by atoms with E-state index in [-0.39, 0.29) is 5.41 Å². The van der Waals surface area contributed by atoms with Gasteiger partial charge < -0.3 is 5.32 Å². The van der Waals surface area contributed by atoms with Gasteiger partial charge in [-0.15, -0.1) is 0 Å².